The van der Waals surface area contributed by atoms with E-state index in [0.717, 1.165) is 18.9 Å². The Kier molecular flexibility index (Phi) is 3.33. The predicted molar refractivity (Wildman–Crippen MR) is 74.5 cm³/mol. The van der Waals surface area contributed by atoms with E-state index in [9.17, 15) is 4.79 Å². The molecule has 3 heterocycles. The highest BCUT2D eigenvalue weighted by molar-refractivity contribution is 5.93. The molecule has 6 heteroatoms. The average Bonchev–Trinajstić information content (AvgIpc) is 3.07. The Hall–Kier alpha value is -1.69. The molecule has 0 atom stereocenters. The van der Waals surface area contributed by atoms with Crippen LogP contribution in [0.2, 0.25) is 0 Å². The summed E-state index contributed by atoms with van der Waals surface area (Å²) in [5.41, 5.74) is 0.163. The van der Waals surface area contributed by atoms with Gasteiger partial charge in [-0.1, -0.05) is 0 Å². The van der Waals surface area contributed by atoms with E-state index in [-0.39, 0.29) is 11.4 Å². The second-order valence-electron chi connectivity index (χ2n) is 5.98. The van der Waals surface area contributed by atoms with Gasteiger partial charge in [0, 0.05) is 19.2 Å². The summed E-state index contributed by atoms with van der Waals surface area (Å²) in [5.74, 6) is 0.758. The second-order valence-corrected chi connectivity index (χ2v) is 5.98. The monoisotopic (exact) mass is 276 g/mol. The molecule has 0 bridgehead atoms. The van der Waals surface area contributed by atoms with Crippen LogP contribution in [0.3, 0.4) is 0 Å². The molecule has 6 nitrogen and oxygen atoms in total. The van der Waals surface area contributed by atoms with Gasteiger partial charge in [-0.25, -0.2) is 9.97 Å². The number of carbonyl (C=O) groups is 1. The number of ether oxygens (including phenoxy) is 1. The Labute approximate surface area is 118 Å². The molecule has 2 aliphatic heterocycles. The lowest BCUT2D eigenvalue weighted by Crippen LogP contribution is -2.44. The Morgan fingerprint density at radius 2 is 2.05 bits per heavy atom. The van der Waals surface area contributed by atoms with E-state index in [4.69, 9.17) is 4.74 Å². The summed E-state index contributed by atoms with van der Waals surface area (Å²) >= 11 is 0. The van der Waals surface area contributed by atoms with Crippen molar-refractivity contribution < 1.29 is 9.53 Å². The highest BCUT2D eigenvalue weighted by atomic mass is 16.5. The third-order valence-electron chi connectivity index (χ3n) is 3.95. The minimum Gasteiger partial charge on any atom is -0.359 e. The molecule has 0 aliphatic carbocycles. The average molecular weight is 276 g/mol. The molecule has 0 unspecified atom stereocenters. The second kappa shape index (κ2) is 5.01. The summed E-state index contributed by atoms with van der Waals surface area (Å²) in [4.78, 5) is 24.9. The van der Waals surface area contributed by atoms with Crippen LogP contribution in [-0.2, 0) is 4.74 Å². The molecule has 1 amide bonds. The van der Waals surface area contributed by atoms with E-state index >= 15 is 0 Å². The maximum absolute atomic E-state index is 12.6. The molecule has 2 fully saturated rings. The van der Waals surface area contributed by atoms with E-state index in [0.29, 0.717) is 19.0 Å². The number of amides is 1. The van der Waals surface area contributed by atoms with Gasteiger partial charge in [0.2, 0.25) is 0 Å². The van der Waals surface area contributed by atoms with Crippen molar-refractivity contribution in [2.24, 2.45) is 0 Å². The van der Waals surface area contributed by atoms with Crippen LogP contribution in [0.15, 0.2) is 12.4 Å². The fourth-order valence-electron chi connectivity index (χ4n) is 2.69. The number of aromatic nitrogens is 2. The highest BCUT2D eigenvalue weighted by Gasteiger charge is 2.37. The molecule has 0 radical (unpaired) electrons. The summed E-state index contributed by atoms with van der Waals surface area (Å²) in [6, 6.07) is 1.79. The predicted octanol–water partition coefficient (Wildman–Crippen LogP) is 1.29. The fraction of sp³-hybridized carbons (Fsp3) is 0.643. The Balaban J connectivity index is 1.83. The zero-order chi connectivity index (χ0) is 14.2. The summed E-state index contributed by atoms with van der Waals surface area (Å²) in [5, 5.41) is 0. The van der Waals surface area contributed by atoms with E-state index in [1.54, 1.807) is 11.0 Å². The SMILES string of the molecule is CC1(C)COCN1C(=O)c1cc(N2CCCC2)ncn1. The first-order valence-corrected chi connectivity index (χ1v) is 7.05. The van der Waals surface area contributed by atoms with Crippen molar-refractivity contribution in [2.75, 3.05) is 31.3 Å². The van der Waals surface area contributed by atoms with Gasteiger partial charge >= 0.3 is 0 Å². The molecule has 1 aromatic rings. The van der Waals surface area contributed by atoms with Gasteiger partial charge in [0.1, 0.15) is 24.6 Å². The fourth-order valence-corrected chi connectivity index (χ4v) is 2.69. The number of nitrogens with zero attached hydrogens (tertiary/aromatic N) is 4. The number of hydrogen-bond donors (Lipinski definition) is 0. The summed E-state index contributed by atoms with van der Waals surface area (Å²) in [6.07, 6.45) is 3.84. The lowest BCUT2D eigenvalue weighted by atomic mass is 10.1. The maximum atomic E-state index is 12.6. The molecule has 0 N–H and O–H groups in total. The van der Waals surface area contributed by atoms with Crippen LogP contribution in [0.5, 0.6) is 0 Å². The largest absolute Gasteiger partial charge is 0.359 e. The van der Waals surface area contributed by atoms with Crippen LogP contribution in [0, 0.1) is 0 Å². The van der Waals surface area contributed by atoms with Crippen molar-refractivity contribution in [2.45, 2.75) is 32.2 Å². The number of rotatable bonds is 2. The lowest BCUT2D eigenvalue weighted by molar-refractivity contribution is 0.0599. The smallest absolute Gasteiger partial charge is 0.275 e. The Morgan fingerprint density at radius 3 is 2.70 bits per heavy atom. The van der Waals surface area contributed by atoms with Crippen molar-refractivity contribution in [1.82, 2.24) is 14.9 Å². The van der Waals surface area contributed by atoms with Crippen LogP contribution in [-0.4, -0.2) is 52.7 Å². The third kappa shape index (κ3) is 2.35. The minimum atomic E-state index is -0.282. The van der Waals surface area contributed by atoms with E-state index in [1.807, 2.05) is 13.8 Å². The quantitative estimate of drug-likeness (QED) is 0.814. The maximum Gasteiger partial charge on any atom is 0.275 e. The van der Waals surface area contributed by atoms with E-state index in [2.05, 4.69) is 14.9 Å². The number of carbonyl (C=O) groups excluding carboxylic acids is 1. The van der Waals surface area contributed by atoms with E-state index < -0.39 is 0 Å². The van der Waals surface area contributed by atoms with Crippen molar-refractivity contribution in [1.29, 1.82) is 0 Å². The zero-order valence-electron chi connectivity index (χ0n) is 12.0. The van der Waals surface area contributed by atoms with Crippen molar-refractivity contribution in [3.63, 3.8) is 0 Å². The van der Waals surface area contributed by atoms with Gasteiger partial charge in [-0.05, 0) is 26.7 Å². The summed E-state index contributed by atoms with van der Waals surface area (Å²) < 4.78 is 5.40. The summed E-state index contributed by atoms with van der Waals surface area (Å²) in [7, 11) is 0. The molecule has 0 saturated carbocycles. The van der Waals surface area contributed by atoms with Crippen LogP contribution in [0.4, 0.5) is 5.82 Å². The molecule has 1 aromatic heterocycles. The molecule has 3 rings (SSSR count). The van der Waals surface area contributed by atoms with Crippen LogP contribution >= 0.6 is 0 Å². The van der Waals surface area contributed by atoms with Gasteiger partial charge in [-0.15, -0.1) is 0 Å². The molecule has 108 valence electrons. The van der Waals surface area contributed by atoms with Gasteiger partial charge in [-0.3, -0.25) is 4.79 Å². The highest BCUT2D eigenvalue weighted by Crippen LogP contribution is 2.24. The summed E-state index contributed by atoms with van der Waals surface area (Å²) in [6.45, 7) is 6.89. The zero-order valence-corrected chi connectivity index (χ0v) is 12.0. The number of anilines is 1. The molecule has 20 heavy (non-hydrogen) atoms. The Morgan fingerprint density at radius 1 is 1.30 bits per heavy atom. The first kappa shape index (κ1) is 13.3. The molecule has 2 aliphatic rings. The van der Waals surface area contributed by atoms with Gasteiger partial charge in [0.15, 0.2) is 0 Å². The Bertz CT molecular complexity index is 512. The van der Waals surface area contributed by atoms with Crippen molar-refractivity contribution >= 4 is 11.7 Å². The van der Waals surface area contributed by atoms with Crippen LogP contribution < -0.4 is 4.90 Å². The third-order valence-corrected chi connectivity index (χ3v) is 3.95. The van der Waals surface area contributed by atoms with Gasteiger partial charge < -0.3 is 14.5 Å². The van der Waals surface area contributed by atoms with Gasteiger partial charge in [0.25, 0.3) is 5.91 Å². The standard InChI is InChI=1S/C14H20N4O2/c1-14(2)8-20-10-18(14)13(19)11-7-12(16-9-15-11)17-5-3-4-6-17/h7,9H,3-6,8,10H2,1-2H3. The molecule has 0 aromatic carbocycles. The molecule has 0 spiro atoms. The van der Waals surface area contributed by atoms with Crippen molar-refractivity contribution in [3.05, 3.63) is 18.1 Å². The first-order chi connectivity index (χ1) is 9.58. The first-order valence-electron chi connectivity index (χ1n) is 7.05. The van der Waals surface area contributed by atoms with Crippen molar-refractivity contribution in [3.8, 4) is 0 Å². The lowest BCUT2D eigenvalue weighted by Gasteiger charge is -2.28. The molecular weight excluding hydrogens is 256 g/mol. The minimum absolute atomic E-state index is 0.0876. The molecule has 2 saturated heterocycles. The van der Waals surface area contributed by atoms with E-state index in [1.165, 1.54) is 19.2 Å². The van der Waals surface area contributed by atoms with Gasteiger partial charge in [0.05, 0.1) is 12.1 Å². The molecular formula is C14H20N4O2. The topological polar surface area (TPSA) is 58.6 Å². The number of hydrogen-bond acceptors (Lipinski definition) is 5. The van der Waals surface area contributed by atoms with Crippen LogP contribution in [0.25, 0.3) is 0 Å². The van der Waals surface area contributed by atoms with Gasteiger partial charge in [-0.2, -0.15) is 0 Å². The van der Waals surface area contributed by atoms with Crippen LogP contribution in [0.1, 0.15) is 37.2 Å². The normalized spacial score (nSPS) is 21.5.